The maximum absolute atomic E-state index is 5.83. The van der Waals surface area contributed by atoms with Crippen LogP contribution in [0.25, 0.3) is 0 Å². The summed E-state index contributed by atoms with van der Waals surface area (Å²) in [6.45, 7) is 0. The van der Waals surface area contributed by atoms with E-state index in [0.29, 0.717) is 6.42 Å². The van der Waals surface area contributed by atoms with Gasteiger partial charge in [-0.3, -0.25) is 11.3 Å². The van der Waals surface area contributed by atoms with Crippen LogP contribution in [-0.2, 0) is 18.9 Å². The van der Waals surface area contributed by atoms with E-state index in [4.69, 9.17) is 5.84 Å². The summed E-state index contributed by atoms with van der Waals surface area (Å²) >= 11 is 0. The number of hydrogen-bond acceptors (Lipinski definition) is 5. The largest absolute Gasteiger partial charge is 0.271 e. The molecule has 0 aliphatic heterocycles. The van der Waals surface area contributed by atoms with E-state index in [0.717, 1.165) is 18.7 Å². The van der Waals surface area contributed by atoms with Crippen molar-refractivity contribution in [2.24, 2.45) is 12.9 Å². The van der Waals surface area contributed by atoms with Gasteiger partial charge in [0.15, 0.2) is 5.82 Å². The highest BCUT2D eigenvalue weighted by Gasteiger charge is 2.45. The van der Waals surface area contributed by atoms with E-state index in [1.807, 2.05) is 6.07 Å². The van der Waals surface area contributed by atoms with Crippen LogP contribution in [0.2, 0.25) is 0 Å². The van der Waals surface area contributed by atoms with Gasteiger partial charge in [-0.05, 0) is 23.6 Å². The molecule has 1 saturated carbocycles. The maximum atomic E-state index is 5.83. The zero-order valence-electron chi connectivity index (χ0n) is 11.7. The van der Waals surface area contributed by atoms with E-state index in [-0.39, 0.29) is 11.5 Å². The molecule has 0 radical (unpaired) electrons. The Hall–Kier alpha value is -1.79. The summed E-state index contributed by atoms with van der Waals surface area (Å²) < 4.78 is 0. The molecular weight excluding hydrogens is 252 g/mol. The van der Waals surface area contributed by atoms with E-state index in [2.05, 4.69) is 45.1 Å². The molecule has 0 bridgehead atoms. The minimum absolute atomic E-state index is 0.0925. The summed E-state index contributed by atoms with van der Waals surface area (Å²) in [5, 5.41) is 12.2. The fourth-order valence-corrected chi connectivity index (χ4v) is 3.17. The third-order valence-electron chi connectivity index (χ3n) is 4.40. The number of nitrogens with two attached hydrogens (primary N) is 1. The van der Waals surface area contributed by atoms with E-state index >= 15 is 0 Å². The average Bonchev–Trinajstić information content (AvgIpc) is 2.83. The molecule has 0 spiro atoms. The minimum atomic E-state index is 0.0925. The van der Waals surface area contributed by atoms with E-state index < -0.39 is 0 Å². The molecule has 1 fully saturated rings. The van der Waals surface area contributed by atoms with Gasteiger partial charge >= 0.3 is 0 Å². The molecule has 1 unspecified atom stereocenters. The lowest BCUT2D eigenvalue weighted by atomic mass is 9.59. The molecular formula is C14H20N6. The van der Waals surface area contributed by atoms with Gasteiger partial charge in [0, 0.05) is 17.9 Å². The fraction of sp³-hybridized carbons (Fsp3) is 0.500. The number of nitrogens with zero attached hydrogens (tertiary/aromatic N) is 4. The van der Waals surface area contributed by atoms with Gasteiger partial charge in [-0.25, -0.2) is 0 Å². The highest BCUT2D eigenvalue weighted by molar-refractivity contribution is 5.31. The van der Waals surface area contributed by atoms with Gasteiger partial charge in [0.1, 0.15) is 0 Å². The second-order valence-electron chi connectivity index (χ2n) is 5.49. The van der Waals surface area contributed by atoms with Crippen molar-refractivity contribution in [2.45, 2.75) is 37.1 Å². The quantitative estimate of drug-likeness (QED) is 0.619. The zero-order valence-corrected chi connectivity index (χ0v) is 11.7. The number of nitrogens with one attached hydrogen (secondary N) is 1. The molecule has 6 heteroatoms. The van der Waals surface area contributed by atoms with Crippen LogP contribution >= 0.6 is 0 Å². The van der Waals surface area contributed by atoms with Gasteiger partial charge in [-0.15, -0.1) is 10.2 Å². The molecule has 1 aliphatic rings. The first-order valence-corrected chi connectivity index (χ1v) is 6.99. The van der Waals surface area contributed by atoms with Gasteiger partial charge in [-0.1, -0.05) is 36.8 Å². The van der Waals surface area contributed by atoms with Crippen LogP contribution in [0, 0.1) is 0 Å². The summed E-state index contributed by atoms with van der Waals surface area (Å²) in [5.74, 6) is 6.56. The third-order valence-corrected chi connectivity index (χ3v) is 4.40. The van der Waals surface area contributed by atoms with Gasteiger partial charge in [0.25, 0.3) is 0 Å². The van der Waals surface area contributed by atoms with E-state index in [1.165, 1.54) is 16.8 Å². The molecule has 1 atom stereocenters. The Balaban J connectivity index is 1.86. The topological polar surface area (TPSA) is 81.7 Å². The molecule has 1 aliphatic carbocycles. The van der Waals surface area contributed by atoms with Crippen molar-refractivity contribution in [2.75, 3.05) is 0 Å². The normalized spacial score (nSPS) is 18.5. The first-order chi connectivity index (χ1) is 9.74. The molecule has 106 valence electrons. The van der Waals surface area contributed by atoms with Crippen LogP contribution < -0.4 is 11.3 Å². The van der Waals surface area contributed by atoms with Crippen molar-refractivity contribution in [3.05, 3.63) is 41.7 Å². The molecule has 3 N–H and O–H groups in total. The van der Waals surface area contributed by atoms with E-state index in [9.17, 15) is 0 Å². The Bertz CT molecular complexity index is 560. The molecule has 0 amide bonds. The number of hydrazine groups is 1. The highest BCUT2D eigenvalue weighted by Crippen LogP contribution is 2.46. The number of hydrogen-bond donors (Lipinski definition) is 2. The molecule has 1 aromatic carbocycles. The van der Waals surface area contributed by atoms with Crippen LogP contribution in [-0.4, -0.2) is 26.2 Å². The Labute approximate surface area is 118 Å². The van der Waals surface area contributed by atoms with Crippen molar-refractivity contribution in [1.82, 2.24) is 25.6 Å². The lowest BCUT2D eigenvalue weighted by Crippen LogP contribution is -2.56. The Morgan fingerprint density at radius 1 is 1.35 bits per heavy atom. The lowest BCUT2D eigenvalue weighted by Gasteiger charge is -2.48. The highest BCUT2D eigenvalue weighted by atomic mass is 15.6. The summed E-state index contributed by atoms with van der Waals surface area (Å²) in [6.07, 6.45) is 4.22. The maximum Gasteiger partial charge on any atom is 0.176 e. The monoisotopic (exact) mass is 272 g/mol. The Morgan fingerprint density at radius 2 is 2.10 bits per heavy atom. The van der Waals surface area contributed by atoms with Crippen molar-refractivity contribution in [3.8, 4) is 0 Å². The predicted molar refractivity (Wildman–Crippen MR) is 75.6 cm³/mol. The van der Waals surface area contributed by atoms with Gasteiger partial charge in [0.05, 0.1) is 7.05 Å². The molecule has 1 heterocycles. The summed E-state index contributed by atoms with van der Waals surface area (Å²) in [4.78, 5) is 1.48. The molecule has 2 aromatic rings. The second-order valence-corrected chi connectivity index (χ2v) is 5.49. The lowest BCUT2D eigenvalue weighted by molar-refractivity contribution is 0.166. The minimum Gasteiger partial charge on any atom is -0.271 e. The van der Waals surface area contributed by atoms with Crippen molar-refractivity contribution in [1.29, 1.82) is 0 Å². The molecule has 6 nitrogen and oxygen atoms in total. The number of aryl methyl sites for hydroxylation is 1. The molecule has 0 saturated heterocycles. The van der Waals surface area contributed by atoms with Crippen LogP contribution in [0.15, 0.2) is 30.3 Å². The first kappa shape index (κ1) is 13.2. The molecule has 1 aromatic heterocycles. The van der Waals surface area contributed by atoms with Crippen LogP contribution in [0.4, 0.5) is 0 Å². The number of aromatic nitrogens is 4. The van der Waals surface area contributed by atoms with Crippen LogP contribution in [0.1, 0.15) is 30.7 Å². The summed E-state index contributed by atoms with van der Waals surface area (Å²) in [6, 6.07) is 10.7. The van der Waals surface area contributed by atoms with Gasteiger partial charge in [0.2, 0.25) is 0 Å². The fourth-order valence-electron chi connectivity index (χ4n) is 3.17. The van der Waals surface area contributed by atoms with Gasteiger partial charge in [-0.2, -0.15) is 4.80 Å². The summed E-state index contributed by atoms with van der Waals surface area (Å²) in [7, 11) is 1.78. The van der Waals surface area contributed by atoms with Crippen molar-refractivity contribution in [3.63, 3.8) is 0 Å². The smallest absolute Gasteiger partial charge is 0.176 e. The van der Waals surface area contributed by atoms with Crippen LogP contribution in [0.3, 0.4) is 0 Å². The van der Waals surface area contributed by atoms with Gasteiger partial charge < -0.3 is 0 Å². The molecule has 3 rings (SSSR count). The SMILES string of the molecule is Cn1nnc(CC(NN)C2(c3ccccc3)CCC2)n1. The third kappa shape index (κ3) is 2.21. The van der Waals surface area contributed by atoms with Crippen LogP contribution in [0.5, 0.6) is 0 Å². The second kappa shape index (κ2) is 5.30. The predicted octanol–water partition coefficient (Wildman–Crippen LogP) is 0.706. The summed E-state index contributed by atoms with van der Waals surface area (Å²) in [5.41, 5.74) is 4.42. The molecule has 20 heavy (non-hydrogen) atoms. The van der Waals surface area contributed by atoms with Crippen molar-refractivity contribution < 1.29 is 0 Å². The average molecular weight is 272 g/mol. The number of benzene rings is 1. The van der Waals surface area contributed by atoms with E-state index in [1.54, 1.807) is 7.05 Å². The van der Waals surface area contributed by atoms with Crippen molar-refractivity contribution >= 4 is 0 Å². The Kier molecular flexibility index (Phi) is 3.50. The Morgan fingerprint density at radius 3 is 2.60 bits per heavy atom. The standard InChI is InChI=1S/C14H20N6/c1-20-18-13(17-19-20)10-12(16-15)14(8-5-9-14)11-6-3-2-4-7-11/h2-4,6-7,12,16H,5,8-10,15H2,1H3. The number of rotatable bonds is 5. The number of tetrazole rings is 1. The zero-order chi connectivity index (χ0) is 14.0. The first-order valence-electron chi connectivity index (χ1n) is 6.99.